The van der Waals surface area contributed by atoms with Gasteiger partial charge in [0.05, 0.1) is 5.69 Å². The molecular weight excluding hydrogens is 433 g/mol. The number of para-hydroxylation sites is 1. The first-order valence-electron chi connectivity index (χ1n) is 7.31. The molecule has 3 rings (SSSR count). The topological polar surface area (TPSA) is 49.8 Å². The highest BCUT2D eigenvalue weighted by molar-refractivity contribution is 9.10. The third-order valence-electron chi connectivity index (χ3n) is 3.32. The number of nitrogens with one attached hydrogen (secondary N) is 2. The van der Waals surface area contributed by atoms with Crippen molar-refractivity contribution in [3.8, 4) is 0 Å². The Bertz CT molecular complexity index is 917. The highest BCUT2D eigenvalue weighted by Crippen LogP contribution is 2.36. The fourth-order valence-corrected chi connectivity index (χ4v) is 2.61. The number of anilines is 4. The van der Waals surface area contributed by atoms with Crippen molar-refractivity contribution in [2.24, 2.45) is 0 Å². The number of alkyl halides is 3. The monoisotopic (exact) mass is 442 g/mol. The van der Waals surface area contributed by atoms with Crippen LogP contribution in [0.2, 0.25) is 5.02 Å². The molecule has 0 fully saturated rings. The van der Waals surface area contributed by atoms with Gasteiger partial charge in [-0.25, -0.2) is 4.98 Å². The van der Waals surface area contributed by atoms with E-state index in [0.29, 0.717) is 20.9 Å². The second kappa shape index (κ2) is 7.51. The Morgan fingerprint density at radius 2 is 1.65 bits per heavy atom. The van der Waals surface area contributed by atoms with Gasteiger partial charge in [0.25, 0.3) is 0 Å². The van der Waals surface area contributed by atoms with Crippen molar-refractivity contribution in [3.05, 3.63) is 69.8 Å². The molecule has 0 bridgehead atoms. The first-order chi connectivity index (χ1) is 12.3. The summed E-state index contributed by atoms with van der Waals surface area (Å²) in [6.45, 7) is 0. The summed E-state index contributed by atoms with van der Waals surface area (Å²) < 4.78 is 40.5. The number of rotatable bonds is 4. The highest BCUT2D eigenvalue weighted by Gasteiger charge is 2.35. The zero-order valence-corrected chi connectivity index (χ0v) is 15.3. The summed E-state index contributed by atoms with van der Waals surface area (Å²) >= 11 is 9.11. The van der Waals surface area contributed by atoms with Crippen LogP contribution in [-0.4, -0.2) is 9.97 Å². The van der Waals surface area contributed by atoms with Crippen LogP contribution in [0.5, 0.6) is 0 Å². The molecule has 134 valence electrons. The number of benzene rings is 2. The smallest absolute Gasteiger partial charge is 0.339 e. The number of aromatic nitrogens is 2. The largest absolute Gasteiger partial charge is 0.421 e. The van der Waals surface area contributed by atoms with Gasteiger partial charge in [-0.3, -0.25) is 0 Å². The molecule has 0 saturated heterocycles. The van der Waals surface area contributed by atoms with Gasteiger partial charge in [0.1, 0.15) is 11.4 Å². The Morgan fingerprint density at radius 3 is 2.31 bits per heavy atom. The minimum absolute atomic E-state index is 0.0230. The van der Waals surface area contributed by atoms with E-state index < -0.39 is 11.7 Å². The lowest BCUT2D eigenvalue weighted by molar-refractivity contribution is -0.137. The van der Waals surface area contributed by atoms with Gasteiger partial charge in [-0.2, -0.15) is 18.2 Å². The SMILES string of the molecule is FC(F)(F)c1cnc(Nc2ccc(Cl)cc2)nc1Nc1ccccc1Br. The summed E-state index contributed by atoms with van der Waals surface area (Å²) in [7, 11) is 0. The molecule has 0 amide bonds. The van der Waals surface area contributed by atoms with Crippen molar-refractivity contribution in [2.45, 2.75) is 6.18 Å². The number of hydrogen-bond donors (Lipinski definition) is 2. The predicted molar refractivity (Wildman–Crippen MR) is 99.2 cm³/mol. The van der Waals surface area contributed by atoms with E-state index >= 15 is 0 Å². The second-order valence-corrected chi connectivity index (χ2v) is 6.48. The maximum Gasteiger partial charge on any atom is 0.421 e. The van der Waals surface area contributed by atoms with E-state index in [1.807, 2.05) is 0 Å². The van der Waals surface area contributed by atoms with E-state index in [-0.39, 0.29) is 11.8 Å². The Balaban J connectivity index is 1.96. The maximum atomic E-state index is 13.3. The lowest BCUT2D eigenvalue weighted by atomic mass is 10.2. The van der Waals surface area contributed by atoms with Crippen molar-refractivity contribution in [1.29, 1.82) is 0 Å². The van der Waals surface area contributed by atoms with E-state index in [9.17, 15) is 13.2 Å². The van der Waals surface area contributed by atoms with Crippen LogP contribution in [-0.2, 0) is 6.18 Å². The molecule has 3 aromatic rings. The van der Waals surface area contributed by atoms with Gasteiger partial charge >= 0.3 is 6.18 Å². The molecule has 4 nitrogen and oxygen atoms in total. The zero-order chi connectivity index (χ0) is 18.7. The van der Waals surface area contributed by atoms with Crippen molar-refractivity contribution in [1.82, 2.24) is 9.97 Å². The van der Waals surface area contributed by atoms with Gasteiger partial charge in [-0.15, -0.1) is 0 Å². The molecule has 0 radical (unpaired) electrons. The third-order valence-corrected chi connectivity index (χ3v) is 4.26. The average molecular weight is 444 g/mol. The fraction of sp³-hybridized carbons (Fsp3) is 0.0588. The summed E-state index contributed by atoms with van der Waals surface area (Å²) in [6.07, 6.45) is -3.85. The quantitative estimate of drug-likeness (QED) is 0.490. The van der Waals surface area contributed by atoms with Crippen LogP contribution in [0.1, 0.15) is 5.56 Å². The molecule has 1 aromatic heterocycles. The maximum absolute atomic E-state index is 13.3. The van der Waals surface area contributed by atoms with Crippen molar-refractivity contribution in [3.63, 3.8) is 0 Å². The molecule has 0 spiro atoms. The van der Waals surface area contributed by atoms with Crippen LogP contribution >= 0.6 is 27.5 Å². The molecule has 0 atom stereocenters. The molecule has 0 unspecified atom stereocenters. The van der Waals surface area contributed by atoms with E-state index in [1.54, 1.807) is 48.5 Å². The normalized spacial score (nSPS) is 11.3. The Kier molecular flexibility index (Phi) is 5.33. The molecule has 0 aliphatic rings. The van der Waals surface area contributed by atoms with Gasteiger partial charge < -0.3 is 10.6 Å². The van der Waals surface area contributed by atoms with Crippen molar-refractivity contribution < 1.29 is 13.2 Å². The van der Waals surface area contributed by atoms with Gasteiger partial charge in [-0.05, 0) is 52.3 Å². The standard InChI is InChI=1S/C17H11BrClF3N4/c18-13-3-1-2-4-14(13)25-15-12(17(20,21)22)9-23-16(26-15)24-11-7-5-10(19)6-8-11/h1-9H,(H2,23,24,25,26). The van der Waals surface area contributed by atoms with E-state index in [1.165, 1.54) is 0 Å². The van der Waals surface area contributed by atoms with Crippen LogP contribution in [0, 0.1) is 0 Å². The zero-order valence-electron chi connectivity index (χ0n) is 13.0. The molecule has 2 aromatic carbocycles. The summed E-state index contributed by atoms with van der Waals surface area (Å²) in [4.78, 5) is 7.75. The van der Waals surface area contributed by atoms with E-state index in [2.05, 4.69) is 36.5 Å². The lowest BCUT2D eigenvalue weighted by Crippen LogP contribution is -2.12. The van der Waals surface area contributed by atoms with E-state index in [4.69, 9.17) is 11.6 Å². The third kappa shape index (κ3) is 4.44. The first kappa shape index (κ1) is 18.5. The van der Waals surface area contributed by atoms with E-state index in [0.717, 1.165) is 6.20 Å². The minimum Gasteiger partial charge on any atom is -0.339 e. The molecule has 2 N–H and O–H groups in total. The summed E-state index contributed by atoms with van der Waals surface area (Å²) in [5.41, 5.74) is 0.0880. The lowest BCUT2D eigenvalue weighted by Gasteiger charge is -2.15. The van der Waals surface area contributed by atoms with Gasteiger partial charge in [0.15, 0.2) is 0 Å². The Hall–Kier alpha value is -2.32. The minimum atomic E-state index is -4.59. The van der Waals surface area contributed by atoms with Crippen LogP contribution < -0.4 is 10.6 Å². The van der Waals surface area contributed by atoms with Crippen LogP contribution in [0.4, 0.5) is 36.3 Å². The molecule has 0 aliphatic heterocycles. The van der Waals surface area contributed by atoms with Gasteiger partial charge in [0, 0.05) is 21.4 Å². The Labute approximate surface area is 160 Å². The summed E-state index contributed by atoms with van der Waals surface area (Å²) in [5, 5.41) is 6.10. The first-order valence-corrected chi connectivity index (χ1v) is 8.48. The number of halogens is 5. The van der Waals surface area contributed by atoms with Crippen LogP contribution in [0.3, 0.4) is 0 Å². The molecule has 9 heteroatoms. The summed E-state index contributed by atoms with van der Waals surface area (Å²) in [5.74, 6) is -0.328. The fourth-order valence-electron chi connectivity index (χ4n) is 2.10. The van der Waals surface area contributed by atoms with Crippen LogP contribution in [0.15, 0.2) is 59.2 Å². The van der Waals surface area contributed by atoms with Crippen molar-refractivity contribution in [2.75, 3.05) is 10.6 Å². The molecule has 0 aliphatic carbocycles. The molecular formula is C17H11BrClF3N4. The average Bonchev–Trinajstić information content (AvgIpc) is 2.58. The second-order valence-electron chi connectivity index (χ2n) is 5.19. The predicted octanol–water partition coefficient (Wildman–Crippen LogP) is 6.40. The molecule has 0 saturated carbocycles. The summed E-state index contributed by atoms with van der Waals surface area (Å²) in [6, 6.07) is 13.4. The van der Waals surface area contributed by atoms with Crippen LogP contribution in [0.25, 0.3) is 0 Å². The number of nitrogens with zero attached hydrogens (tertiary/aromatic N) is 2. The molecule has 1 heterocycles. The number of hydrogen-bond acceptors (Lipinski definition) is 4. The highest BCUT2D eigenvalue weighted by atomic mass is 79.9. The van der Waals surface area contributed by atoms with Gasteiger partial charge in [-0.1, -0.05) is 23.7 Å². The molecule has 26 heavy (non-hydrogen) atoms. The Morgan fingerprint density at radius 1 is 0.962 bits per heavy atom. The van der Waals surface area contributed by atoms with Crippen molar-refractivity contribution >= 4 is 50.7 Å². The van der Waals surface area contributed by atoms with Gasteiger partial charge in [0.2, 0.25) is 5.95 Å².